The van der Waals surface area contributed by atoms with Gasteiger partial charge in [-0.15, -0.1) is 0 Å². The monoisotopic (exact) mass is 343 g/mol. The zero-order valence-electron chi connectivity index (χ0n) is 16.0. The number of carbonyl (C=O) groups is 1. The molecule has 0 saturated heterocycles. The van der Waals surface area contributed by atoms with Crippen LogP contribution >= 0.6 is 0 Å². The van der Waals surface area contributed by atoms with Gasteiger partial charge in [0.25, 0.3) is 0 Å². The van der Waals surface area contributed by atoms with E-state index in [1.165, 1.54) is 42.5 Å². The van der Waals surface area contributed by atoms with E-state index in [4.69, 9.17) is 0 Å². The summed E-state index contributed by atoms with van der Waals surface area (Å²) in [6.45, 7) is 9.49. The summed E-state index contributed by atoms with van der Waals surface area (Å²) in [6, 6.07) is 6.38. The molecule has 1 aliphatic carbocycles. The van der Waals surface area contributed by atoms with Gasteiger partial charge in [-0.1, -0.05) is 11.6 Å². The van der Waals surface area contributed by atoms with Gasteiger partial charge in [-0.05, 0) is 76.6 Å². The Labute approximate surface area is 152 Å². The molecule has 0 bridgehead atoms. The first-order valence-corrected chi connectivity index (χ1v) is 9.68. The Hall–Kier alpha value is -1.97. The third-order valence-corrected chi connectivity index (χ3v) is 4.93. The van der Waals surface area contributed by atoms with E-state index >= 15 is 0 Å². The van der Waals surface area contributed by atoms with Crippen LogP contribution < -0.4 is 15.5 Å². The number of benzene rings is 1. The van der Waals surface area contributed by atoms with Crippen molar-refractivity contribution in [1.82, 2.24) is 5.32 Å². The van der Waals surface area contributed by atoms with Crippen molar-refractivity contribution in [2.75, 3.05) is 36.4 Å². The zero-order valence-corrected chi connectivity index (χ0v) is 16.0. The average Bonchev–Trinajstić information content (AvgIpc) is 2.63. The summed E-state index contributed by atoms with van der Waals surface area (Å²) in [5, 5.41) is 6.28. The molecule has 138 valence electrons. The molecule has 0 unspecified atom stereocenters. The van der Waals surface area contributed by atoms with Crippen molar-refractivity contribution >= 4 is 17.3 Å². The van der Waals surface area contributed by atoms with Crippen LogP contribution in [0.2, 0.25) is 0 Å². The second-order valence-corrected chi connectivity index (χ2v) is 6.73. The predicted octanol–water partition coefficient (Wildman–Crippen LogP) is 4.26. The van der Waals surface area contributed by atoms with E-state index in [-0.39, 0.29) is 5.91 Å². The van der Waals surface area contributed by atoms with Crippen molar-refractivity contribution in [2.45, 2.75) is 52.9 Å². The molecule has 2 rings (SSSR count). The number of allylic oxidation sites excluding steroid dienone is 1. The van der Waals surface area contributed by atoms with E-state index in [0.29, 0.717) is 6.54 Å². The second-order valence-electron chi connectivity index (χ2n) is 6.73. The highest BCUT2D eigenvalue weighted by Crippen LogP contribution is 2.22. The van der Waals surface area contributed by atoms with E-state index in [1.807, 2.05) is 0 Å². The molecule has 0 atom stereocenters. The minimum Gasteiger partial charge on any atom is -0.376 e. The summed E-state index contributed by atoms with van der Waals surface area (Å²) in [4.78, 5) is 14.4. The Morgan fingerprint density at radius 3 is 2.64 bits per heavy atom. The van der Waals surface area contributed by atoms with Crippen molar-refractivity contribution in [3.8, 4) is 0 Å². The number of rotatable bonds is 9. The van der Waals surface area contributed by atoms with Crippen LogP contribution in [0.4, 0.5) is 11.4 Å². The van der Waals surface area contributed by atoms with Crippen molar-refractivity contribution in [3.63, 3.8) is 0 Å². The molecule has 0 radical (unpaired) electrons. The maximum absolute atomic E-state index is 12.0. The summed E-state index contributed by atoms with van der Waals surface area (Å²) in [6.07, 6.45) is 8.34. The third-order valence-electron chi connectivity index (χ3n) is 4.93. The third kappa shape index (κ3) is 6.11. The van der Waals surface area contributed by atoms with Crippen LogP contribution in [0, 0.1) is 6.92 Å². The first-order chi connectivity index (χ1) is 12.1. The number of hydrogen-bond donors (Lipinski definition) is 2. The molecule has 1 aliphatic rings. The summed E-state index contributed by atoms with van der Waals surface area (Å²) in [5.41, 5.74) is 4.94. The zero-order chi connectivity index (χ0) is 18.1. The molecule has 1 aromatic carbocycles. The fourth-order valence-corrected chi connectivity index (χ4v) is 3.36. The van der Waals surface area contributed by atoms with E-state index in [9.17, 15) is 4.79 Å². The molecule has 0 aliphatic heterocycles. The number of amides is 1. The number of nitrogens with zero attached hydrogens (tertiary/aromatic N) is 1. The molecule has 2 N–H and O–H groups in total. The molecular formula is C21H33N3O. The quantitative estimate of drug-likeness (QED) is 0.659. The topological polar surface area (TPSA) is 44.4 Å². The van der Waals surface area contributed by atoms with Crippen molar-refractivity contribution in [2.24, 2.45) is 0 Å². The first-order valence-electron chi connectivity index (χ1n) is 9.68. The lowest BCUT2D eigenvalue weighted by Crippen LogP contribution is -2.31. The summed E-state index contributed by atoms with van der Waals surface area (Å²) >= 11 is 0. The highest BCUT2D eigenvalue weighted by Gasteiger charge is 2.07. The van der Waals surface area contributed by atoms with Crippen molar-refractivity contribution in [3.05, 3.63) is 35.4 Å². The molecule has 0 saturated carbocycles. The van der Waals surface area contributed by atoms with Gasteiger partial charge in [0.05, 0.1) is 6.54 Å². The minimum absolute atomic E-state index is 0.0589. The molecule has 0 aromatic heterocycles. The van der Waals surface area contributed by atoms with E-state index in [2.05, 4.69) is 60.6 Å². The molecule has 1 amide bonds. The summed E-state index contributed by atoms with van der Waals surface area (Å²) in [5.74, 6) is 0.0589. The molecule has 0 fully saturated rings. The van der Waals surface area contributed by atoms with Gasteiger partial charge in [0.2, 0.25) is 5.91 Å². The fraction of sp³-hybridized carbons (Fsp3) is 0.571. The predicted molar refractivity (Wildman–Crippen MR) is 107 cm³/mol. The van der Waals surface area contributed by atoms with E-state index in [0.717, 1.165) is 31.7 Å². The molecule has 4 heteroatoms. The Morgan fingerprint density at radius 2 is 2.00 bits per heavy atom. The van der Waals surface area contributed by atoms with Crippen LogP contribution in [0.15, 0.2) is 29.8 Å². The largest absolute Gasteiger partial charge is 0.376 e. The molecule has 1 aromatic rings. The highest BCUT2D eigenvalue weighted by atomic mass is 16.1. The van der Waals surface area contributed by atoms with Crippen LogP contribution in [-0.2, 0) is 4.79 Å². The fourth-order valence-electron chi connectivity index (χ4n) is 3.36. The van der Waals surface area contributed by atoms with Gasteiger partial charge in [0, 0.05) is 31.0 Å². The van der Waals surface area contributed by atoms with Crippen molar-refractivity contribution in [1.29, 1.82) is 0 Å². The molecule has 25 heavy (non-hydrogen) atoms. The average molecular weight is 344 g/mol. The van der Waals surface area contributed by atoms with Gasteiger partial charge >= 0.3 is 0 Å². The van der Waals surface area contributed by atoms with Crippen LogP contribution in [-0.4, -0.2) is 32.1 Å². The normalized spacial score (nSPS) is 14.0. The Balaban J connectivity index is 1.76. The van der Waals surface area contributed by atoms with Gasteiger partial charge in [0.15, 0.2) is 0 Å². The maximum Gasteiger partial charge on any atom is 0.239 e. The molecule has 4 nitrogen and oxygen atoms in total. The molecule has 0 heterocycles. The SMILES string of the molecule is CCN(CC)c1ccc(NCC(=O)NCCC2=CCCCC2)c(C)c1. The highest BCUT2D eigenvalue weighted by molar-refractivity contribution is 5.81. The molecule has 0 spiro atoms. The van der Waals surface area contributed by atoms with Gasteiger partial charge < -0.3 is 15.5 Å². The first kappa shape index (κ1) is 19.4. The number of nitrogens with one attached hydrogen (secondary N) is 2. The van der Waals surface area contributed by atoms with E-state index < -0.39 is 0 Å². The number of anilines is 2. The molecular weight excluding hydrogens is 310 g/mol. The standard InChI is InChI=1S/C21H33N3O/c1-4-24(5-2)19-11-12-20(17(3)15-19)23-16-21(25)22-14-13-18-9-7-6-8-10-18/h9,11-12,15,23H,4-8,10,13-14,16H2,1-3H3,(H,22,25). The van der Waals surface area contributed by atoms with Crippen LogP contribution in [0.5, 0.6) is 0 Å². The van der Waals surface area contributed by atoms with Gasteiger partial charge in [-0.25, -0.2) is 0 Å². The summed E-state index contributed by atoms with van der Waals surface area (Å²) < 4.78 is 0. The number of carbonyl (C=O) groups excluding carboxylic acids is 1. The Bertz CT molecular complexity index is 591. The van der Waals surface area contributed by atoms with Crippen LogP contribution in [0.25, 0.3) is 0 Å². The number of hydrogen-bond acceptors (Lipinski definition) is 3. The van der Waals surface area contributed by atoms with Crippen molar-refractivity contribution < 1.29 is 4.79 Å². The smallest absolute Gasteiger partial charge is 0.239 e. The summed E-state index contributed by atoms with van der Waals surface area (Å²) in [7, 11) is 0. The lowest BCUT2D eigenvalue weighted by molar-refractivity contribution is -0.119. The minimum atomic E-state index is 0.0589. The maximum atomic E-state index is 12.0. The van der Waals surface area contributed by atoms with Gasteiger partial charge in [-0.3, -0.25) is 4.79 Å². The van der Waals surface area contributed by atoms with Gasteiger partial charge in [-0.2, -0.15) is 0 Å². The lowest BCUT2D eigenvalue weighted by Gasteiger charge is -2.22. The Morgan fingerprint density at radius 1 is 1.20 bits per heavy atom. The van der Waals surface area contributed by atoms with Crippen LogP contribution in [0.1, 0.15) is 51.5 Å². The number of aryl methyl sites for hydroxylation is 1. The van der Waals surface area contributed by atoms with E-state index in [1.54, 1.807) is 0 Å². The Kier molecular flexibility index (Phi) is 7.83. The van der Waals surface area contributed by atoms with Crippen LogP contribution in [0.3, 0.4) is 0 Å². The van der Waals surface area contributed by atoms with Gasteiger partial charge in [0.1, 0.15) is 0 Å². The lowest BCUT2D eigenvalue weighted by atomic mass is 9.97. The second kappa shape index (κ2) is 10.1.